The van der Waals surface area contributed by atoms with E-state index < -0.39 is 0 Å². The average Bonchev–Trinajstić information content (AvgIpc) is 3.37. The summed E-state index contributed by atoms with van der Waals surface area (Å²) in [5, 5.41) is 8.96. The highest BCUT2D eigenvalue weighted by atomic mass is 127. The first-order valence-corrected chi connectivity index (χ1v) is 10.5. The first-order valence-electron chi connectivity index (χ1n) is 9.62. The van der Waals surface area contributed by atoms with E-state index in [0.29, 0.717) is 11.9 Å². The van der Waals surface area contributed by atoms with Gasteiger partial charge in [-0.1, -0.05) is 18.9 Å². The molecule has 1 aromatic heterocycles. The van der Waals surface area contributed by atoms with E-state index in [4.69, 9.17) is 4.99 Å². The second-order valence-electron chi connectivity index (χ2n) is 6.99. The van der Waals surface area contributed by atoms with Crippen LogP contribution in [0.25, 0.3) is 0 Å². The van der Waals surface area contributed by atoms with Crippen molar-refractivity contribution in [2.75, 3.05) is 26.2 Å². The lowest BCUT2D eigenvalue weighted by Crippen LogP contribution is -2.45. The Hall–Kier alpha value is -0.830. The molecule has 0 aromatic carbocycles. The first-order chi connectivity index (χ1) is 12.3. The van der Waals surface area contributed by atoms with Gasteiger partial charge in [0.2, 0.25) is 5.91 Å². The Morgan fingerprint density at radius 2 is 2.15 bits per heavy atom. The molecule has 1 saturated carbocycles. The third-order valence-corrected chi connectivity index (χ3v) is 6.03. The molecule has 0 bridgehead atoms. The van der Waals surface area contributed by atoms with Crippen LogP contribution in [-0.2, 0) is 11.2 Å². The number of hydrogen-bond acceptors (Lipinski definition) is 3. The molecule has 1 aromatic rings. The van der Waals surface area contributed by atoms with Crippen molar-refractivity contribution in [2.24, 2.45) is 10.9 Å². The van der Waals surface area contributed by atoms with E-state index in [2.05, 4.69) is 40.0 Å². The maximum absolute atomic E-state index is 12.6. The van der Waals surface area contributed by atoms with E-state index in [1.54, 1.807) is 11.3 Å². The second kappa shape index (κ2) is 11.1. The van der Waals surface area contributed by atoms with Crippen LogP contribution in [0, 0.1) is 5.92 Å². The normalized spacial score (nSPS) is 20.9. The van der Waals surface area contributed by atoms with E-state index in [1.807, 2.05) is 0 Å². The van der Waals surface area contributed by atoms with Crippen molar-refractivity contribution in [2.45, 2.75) is 51.5 Å². The van der Waals surface area contributed by atoms with Crippen molar-refractivity contribution < 1.29 is 4.79 Å². The lowest BCUT2D eigenvalue weighted by Gasteiger charge is -2.21. The lowest BCUT2D eigenvalue weighted by molar-refractivity contribution is -0.134. The zero-order valence-corrected chi connectivity index (χ0v) is 18.7. The van der Waals surface area contributed by atoms with Crippen molar-refractivity contribution in [3.63, 3.8) is 0 Å². The van der Waals surface area contributed by atoms with E-state index in [9.17, 15) is 4.79 Å². The summed E-state index contributed by atoms with van der Waals surface area (Å²) in [4.78, 5) is 20.7. The summed E-state index contributed by atoms with van der Waals surface area (Å²) in [7, 11) is 0. The number of aliphatic imine (C=N–C) groups is 1. The Morgan fingerprint density at radius 3 is 2.85 bits per heavy atom. The number of rotatable bonds is 6. The minimum absolute atomic E-state index is 0. The number of likely N-dealkylation sites (tertiary alicyclic amines) is 1. The Labute approximate surface area is 178 Å². The van der Waals surface area contributed by atoms with Gasteiger partial charge in [0.05, 0.1) is 0 Å². The number of thiophene rings is 1. The molecule has 7 heteroatoms. The van der Waals surface area contributed by atoms with Gasteiger partial charge in [0.25, 0.3) is 0 Å². The number of halogens is 1. The van der Waals surface area contributed by atoms with Gasteiger partial charge in [0.1, 0.15) is 0 Å². The number of guanidine groups is 1. The molecule has 1 aliphatic carbocycles. The summed E-state index contributed by atoms with van der Waals surface area (Å²) < 4.78 is 0. The minimum atomic E-state index is 0. The van der Waals surface area contributed by atoms with Gasteiger partial charge in [0.15, 0.2) is 5.96 Å². The van der Waals surface area contributed by atoms with E-state index in [1.165, 1.54) is 17.7 Å². The molecule has 2 fully saturated rings. The topological polar surface area (TPSA) is 56.7 Å². The van der Waals surface area contributed by atoms with Gasteiger partial charge < -0.3 is 15.5 Å². The van der Waals surface area contributed by atoms with Gasteiger partial charge in [-0.25, -0.2) is 0 Å². The monoisotopic (exact) mass is 490 g/mol. The first kappa shape index (κ1) is 21.5. The Morgan fingerprint density at radius 1 is 1.35 bits per heavy atom. The van der Waals surface area contributed by atoms with Gasteiger partial charge in [0, 0.05) is 49.4 Å². The van der Waals surface area contributed by atoms with Gasteiger partial charge in [-0.15, -0.1) is 35.3 Å². The fourth-order valence-electron chi connectivity index (χ4n) is 3.76. The van der Waals surface area contributed by atoms with Gasteiger partial charge >= 0.3 is 0 Å². The van der Waals surface area contributed by atoms with Crippen molar-refractivity contribution in [3.05, 3.63) is 22.4 Å². The van der Waals surface area contributed by atoms with Crippen LogP contribution in [-0.4, -0.2) is 49.0 Å². The summed E-state index contributed by atoms with van der Waals surface area (Å²) in [5.41, 5.74) is 0. The third kappa shape index (κ3) is 6.11. The van der Waals surface area contributed by atoms with E-state index in [-0.39, 0.29) is 29.9 Å². The fourth-order valence-corrected chi connectivity index (χ4v) is 4.45. The van der Waals surface area contributed by atoms with Crippen LogP contribution >= 0.6 is 35.3 Å². The highest BCUT2D eigenvalue weighted by Crippen LogP contribution is 2.27. The van der Waals surface area contributed by atoms with Gasteiger partial charge in [-0.05, 0) is 37.6 Å². The van der Waals surface area contributed by atoms with E-state index >= 15 is 0 Å². The lowest BCUT2D eigenvalue weighted by atomic mass is 10.1. The number of amides is 1. The molecule has 1 aliphatic heterocycles. The number of carbonyl (C=O) groups is 1. The molecule has 5 nitrogen and oxygen atoms in total. The highest BCUT2D eigenvalue weighted by molar-refractivity contribution is 14.0. The molecule has 3 rings (SSSR count). The maximum atomic E-state index is 12.6. The predicted octanol–water partition coefficient (Wildman–Crippen LogP) is 3.25. The van der Waals surface area contributed by atoms with Gasteiger partial charge in [-0.3, -0.25) is 9.79 Å². The molecule has 1 unspecified atom stereocenters. The van der Waals surface area contributed by atoms with Crippen molar-refractivity contribution in [1.82, 2.24) is 15.5 Å². The highest BCUT2D eigenvalue weighted by Gasteiger charge is 2.32. The molecule has 26 heavy (non-hydrogen) atoms. The summed E-state index contributed by atoms with van der Waals surface area (Å²) in [6, 6.07) is 4.55. The number of nitrogens with zero attached hydrogens (tertiary/aromatic N) is 2. The number of nitrogens with one attached hydrogen (secondary N) is 2. The van der Waals surface area contributed by atoms with Crippen LogP contribution in [0.2, 0.25) is 0 Å². The van der Waals surface area contributed by atoms with Crippen LogP contribution in [0.1, 0.15) is 43.9 Å². The Bertz CT molecular complexity index is 572. The molecule has 2 aliphatic rings. The predicted molar refractivity (Wildman–Crippen MR) is 119 cm³/mol. The summed E-state index contributed by atoms with van der Waals surface area (Å²) in [6.07, 6.45) is 6.58. The summed E-state index contributed by atoms with van der Waals surface area (Å²) in [5.74, 6) is 1.53. The van der Waals surface area contributed by atoms with Crippen LogP contribution in [0.4, 0.5) is 0 Å². The molecule has 0 radical (unpaired) electrons. The molecule has 1 amide bonds. The second-order valence-corrected chi connectivity index (χ2v) is 8.02. The largest absolute Gasteiger partial charge is 0.357 e. The fraction of sp³-hybridized carbons (Fsp3) is 0.684. The molecule has 1 saturated heterocycles. The Balaban J connectivity index is 0.00000243. The molecular weight excluding hydrogens is 459 g/mol. The molecule has 0 spiro atoms. The minimum Gasteiger partial charge on any atom is -0.357 e. The number of carbonyl (C=O) groups excluding carboxylic acids is 1. The van der Waals surface area contributed by atoms with Crippen LogP contribution in [0.5, 0.6) is 0 Å². The smallest absolute Gasteiger partial charge is 0.225 e. The third-order valence-electron chi connectivity index (χ3n) is 5.10. The SMILES string of the molecule is CCNC(=NCCc1cccs1)NC1CCN(C(=O)C2CCCC2)C1.I. The van der Waals surface area contributed by atoms with Crippen LogP contribution in [0.3, 0.4) is 0 Å². The average molecular weight is 490 g/mol. The zero-order valence-electron chi connectivity index (χ0n) is 15.6. The standard InChI is InChI=1S/C19H30N4OS.HI/c1-2-20-19(21-11-9-17-8-5-13-25-17)22-16-10-12-23(14-16)18(24)15-6-3-4-7-15;/h5,8,13,15-16H,2-4,6-7,9-12,14H2,1H3,(H2,20,21,22);1H. The zero-order chi connectivity index (χ0) is 17.5. The van der Waals surface area contributed by atoms with E-state index in [0.717, 1.165) is 57.8 Å². The molecule has 1 atom stereocenters. The molecule has 2 heterocycles. The maximum Gasteiger partial charge on any atom is 0.225 e. The van der Waals surface area contributed by atoms with Crippen LogP contribution < -0.4 is 10.6 Å². The molecule has 2 N–H and O–H groups in total. The van der Waals surface area contributed by atoms with Crippen molar-refractivity contribution in [1.29, 1.82) is 0 Å². The van der Waals surface area contributed by atoms with Gasteiger partial charge in [-0.2, -0.15) is 0 Å². The molecule has 146 valence electrons. The Kier molecular flexibility index (Phi) is 9.18. The van der Waals surface area contributed by atoms with Crippen LogP contribution in [0.15, 0.2) is 22.5 Å². The summed E-state index contributed by atoms with van der Waals surface area (Å²) in [6.45, 7) is 5.41. The molecular formula is C19H31IN4OS. The van der Waals surface area contributed by atoms with Crippen molar-refractivity contribution in [3.8, 4) is 0 Å². The summed E-state index contributed by atoms with van der Waals surface area (Å²) >= 11 is 1.78. The number of hydrogen-bond donors (Lipinski definition) is 2. The van der Waals surface area contributed by atoms with Crippen molar-refractivity contribution >= 4 is 47.2 Å². The quantitative estimate of drug-likeness (QED) is 0.366.